The van der Waals surface area contributed by atoms with Gasteiger partial charge in [0.2, 0.25) is 6.79 Å². The molecule has 3 amide bonds. The Labute approximate surface area is 167 Å². The quantitative estimate of drug-likeness (QED) is 0.688. The first-order chi connectivity index (χ1) is 13.5. The summed E-state index contributed by atoms with van der Waals surface area (Å²) in [4.78, 5) is 37.9. The van der Waals surface area contributed by atoms with E-state index < -0.39 is 11.8 Å². The summed E-state index contributed by atoms with van der Waals surface area (Å²) in [6.07, 6.45) is 0. The van der Waals surface area contributed by atoms with E-state index in [1.165, 1.54) is 11.0 Å². The molecule has 2 aliphatic heterocycles. The molecular weight excluding hydrogens is 434 g/mol. The minimum absolute atomic E-state index is 0.1000. The highest BCUT2D eigenvalue weighted by molar-refractivity contribution is 9.10. The van der Waals surface area contributed by atoms with Gasteiger partial charge in [-0.25, -0.2) is 0 Å². The second kappa shape index (κ2) is 7.39. The zero-order valence-electron chi connectivity index (χ0n) is 14.4. The highest BCUT2D eigenvalue weighted by atomic mass is 79.9. The van der Waals surface area contributed by atoms with E-state index >= 15 is 0 Å². The zero-order valence-corrected chi connectivity index (χ0v) is 15.9. The number of carbonyl (C=O) groups excluding carboxylic acids is 3. The number of halogens is 1. The molecular formula is C18H14BrN3O6. The van der Waals surface area contributed by atoms with Crippen molar-refractivity contribution in [2.75, 3.05) is 24.8 Å². The third-order valence-electron chi connectivity index (χ3n) is 4.12. The number of rotatable bonds is 3. The summed E-state index contributed by atoms with van der Waals surface area (Å²) >= 11 is 3.33. The predicted octanol–water partition coefficient (Wildman–Crippen LogP) is 1.36. The zero-order chi connectivity index (χ0) is 19.7. The molecule has 28 heavy (non-hydrogen) atoms. The molecule has 0 fully saturated rings. The number of hydrogen-bond donors (Lipinski definition) is 2. The van der Waals surface area contributed by atoms with Crippen LogP contribution in [0.4, 0.5) is 5.69 Å². The van der Waals surface area contributed by atoms with Crippen LogP contribution in [0.3, 0.4) is 0 Å². The van der Waals surface area contributed by atoms with Crippen LogP contribution in [0.5, 0.6) is 17.2 Å². The molecule has 0 bridgehead atoms. The van der Waals surface area contributed by atoms with Gasteiger partial charge in [0.05, 0.1) is 5.69 Å². The van der Waals surface area contributed by atoms with E-state index in [4.69, 9.17) is 14.2 Å². The molecule has 4 rings (SSSR count). The maximum absolute atomic E-state index is 12.2. The third-order valence-corrected chi connectivity index (χ3v) is 4.61. The molecule has 0 aromatic heterocycles. The van der Waals surface area contributed by atoms with Crippen LogP contribution in [0.2, 0.25) is 0 Å². The van der Waals surface area contributed by atoms with Crippen molar-refractivity contribution in [3.8, 4) is 17.2 Å². The van der Waals surface area contributed by atoms with Crippen LogP contribution in [-0.4, -0.2) is 37.7 Å². The molecule has 2 aromatic rings. The lowest BCUT2D eigenvalue weighted by Crippen LogP contribution is -2.49. The lowest BCUT2D eigenvalue weighted by atomic mass is 10.2. The minimum atomic E-state index is -0.557. The van der Waals surface area contributed by atoms with E-state index in [9.17, 15) is 14.4 Å². The molecule has 0 unspecified atom stereocenters. The number of nitrogens with one attached hydrogen (secondary N) is 2. The number of nitrogens with zero attached hydrogens (tertiary/aromatic N) is 1. The maximum Gasteiger partial charge on any atom is 0.269 e. The fourth-order valence-corrected chi connectivity index (χ4v) is 3.11. The molecule has 2 heterocycles. The molecule has 0 spiro atoms. The number of ether oxygens (including phenoxy) is 3. The fourth-order valence-electron chi connectivity index (χ4n) is 2.77. The van der Waals surface area contributed by atoms with Crippen molar-refractivity contribution < 1.29 is 28.6 Å². The summed E-state index contributed by atoms with van der Waals surface area (Å²) in [5.74, 6) is 0.0677. The number of hydrazine groups is 1. The Morgan fingerprint density at radius 3 is 2.68 bits per heavy atom. The number of amides is 3. The fraction of sp³-hybridized carbons (Fsp3) is 0.167. The Bertz CT molecular complexity index is 980. The Kier molecular flexibility index (Phi) is 4.78. The molecule has 0 saturated carbocycles. The van der Waals surface area contributed by atoms with E-state index in [1.54, 1.807) is 30.3 Å². The van der Waals surface area contributed by atoms with Gasteiger partial charge in [-0.2, -0.15) is 0 Å². The van der Waals surface area contributed by atoms with Gasteiger partial charge in [0, 0.05) is 10.0 Å². The first-order valence-corrected chi connectivity index (χ1v) is 9.02. The van der Waals surface area contributed by atoms with Crippen molar-refractivity contribution in [1.29, 1.82) is 0 Å². The highest BCUT2D eigenvalue weighted by Crippen LogP contribution is 2.34. The lowest BCUT2D eigenvalue weighted by molar-refractivity contribution is -0.125. The first-order valence-electron chi connectivity index (χ1n) is 8.23. The van der Waals surface area contributed by atoms with Crippen LogP contribution >= 0.6 is 15.9 Å². The smallest absolute Gasteiger partial charge is 0.269 e. The van der Waals surface area contributed by atoms with Gasteiger partial charge in [0.15, 0.2) is 18.1 Å². The van der Waals surface area contributed by atoms with E-state index in [1.807, 2.05) is 0 Å². The number of anilines is 1. The summed E-state index contributed by atoms with van der Waals surface area (Å²) in [6, 6.07) is 9.81. The number of hydrogen-bond acceptors (Lipinski definition) is 6. The summed E-state index contributed by atoms with van der Waals surface area (Å²) in [5, 5.41) is 0. The second-order valence-electron chi connectivity index (χ2n) is 5.95. The van der Waals surface area contributed by atoms with Crippen LogP contribution in [0.25, 0.3) is 0 Å². The maximum atomic E-state index is 12.2. The largest absolute Gasteiger partial charge is 0.482 e. The third kappa shape index (κ3) is 3.58. The van der Waals surface area contributed by atoms with E-state index in [0.717, 1.165) is 4.47 Å². The molecule has 0 atom stereocenters. The molecule has 2 N–H and O–H groups in total. The van der Waals surface area contributed by atoms with Crippen molar-refractivity contribution in [3.05, 3.63) is 46.4 Å². The molecule has 2 aromatic carbocycles. The molecule has 144 valence electrons. The highest BCUT2D eigenvalue weighted by Gasteiger charge is 2.27. The second-order valence-corrected chi connectivity index (χ2v) is 6.87. The van der Waals surface area contributed by atoms with Gasteiger partial charge in [-0.15, -0.1) is 0 Å². The number of carbonyl (C=O) groups is 3. The van der Waals surface area contributed by atoms with Gasteiger partial charge in [-0.3, -0.25) is 30.1 Å². The van der Waals surface area contributed by atoms with E-state index in [0.29, 0.717) is 28.5 Å². The first kappa shape index (κ1) is 18.1. The van der Waals surface area contributed by atoms with Gasteiger partial charge >= 0.3 is 0 Å². The Hall–Kier alpha value is -3.27. The summed E-state index contributed by atoms with van der Waals surface area (Å²) in [5.41, 5.74) is 5.40. The normalized spacial score (nSPS) is 14.2. The summed E-state index contributed by atoms with van der Waals surface area (Å²) < 4.78 is 16.6. The average Bonchev–Trinajstić information content (AvgIpc) is 3.16. The Balaban J connectivity index is 1.38. The van der Waals surface area contributed by atoms with Gasteiger partial charge in [-0.05, 0) is 36.4 Å². The van der Waals surface area contributed by atoms with Crippen LogP contribution in [0.1, 0.15) is 10.4 Å². The Morgan fingerprint density at radius 1 is 1.00 bits per heavy atom. The van der Waals surface area contributed by atoms with Crippen LogP contribution in [0, 0.1) is 0 Å². The van der Waals surface area contributed by atoms with Gasteiger partial charge in [0.1, 0.15) is 12.3 Å². The van der Waals surface area contributed by atoms with Gasteiger partial charge in [0.25, 0.3) is 17.7 Å². The lowest BCUT2D eigenvalue weighted by Gasteiger charge is -2.28. The van der Waals surface area contributed by atoms with Crippen molar-refractivity contribution in [1.82, 2.24) is 10.9 Å². The molecule has 0 radical (unpaired) electrons. The molecule has 10 heteroatoms. The minimum Gasteiger partial charge on any atom is -0.482 e. The molecule has 2 aliphatic rings. The molecule has 9 nitrogen and oxygen atoms in total. The van der Waals surface area contributed by atoms with Gasteiger partial charge in [-0.1, -0.05) is 15.9 Å². The SMILES string of the molecule is O=C(CN1C(=O)COc2cc(Br)ccc21)NNC(=O)c1ccc2c(c1)OCO2. The Morgan fingerprint density at radius 2 is 1.82 bits per heavy atom. The van der Waals surface area contributed by atoms with Crippen LogP contribution in [0.15, 0.2) is 40.9 Å². The van der Waals surface area contributed by atoms with Crippen molar-refractivity contribution in [3.63, 3.8) is 0 Å². The van der Waals surface area contributed by atoms with Crippen molar-refractivity contribution in [2.45, 2.75) is 0 Å². The van der Waals surface area contributed by atoms with Crippen molar-refractivity contribution in [2.24, 2.45) is 0 Å². The molecule has 0 saturated heterocycles. The monoisotopic (exact) mass is 447 g/mol. The topological polar surface area (TPSA) is 106 Å². The summed E-state index contributed by atoms with van der Waals surface area (Å²) in [6.45, 7) is -0.332. The van der Waals surface area contributed by atoms with E-state index in [-0.39, 0.29) is 25.9 Å². The number of fused-ring (bicyclic) bond motifs is 2. The predicted molar refractivity (Wildman–Crippen MR) is 100 cm³/mol. The van der Waals surface area contributed by atoms with Crippen LogP contribution < -0.4 is 30.0 Å². The summed E-state index contributed by atoms with van der Waals surface area (Å²) in [7, 11) is 0. The standard InChI is InChI=1S/C18H14BrN3O6/c19-11-2-3-12-14(6-11)26-8-17(24)22(12)7-16(23)20-21-18(25)10-1-4-13-15(5-10)28-9-27-13/h1-6H,7-9H2,(H,20,23)(H,21,25). The van der Waals surface area contributed by atoms with Crippen LogP contribution in [-0.2, 0) is 9.59 Å². The molecule has 0 aliphatic carbocycles. The van der Waals surface area contributed by atoms with E-state index in [2.05, 4.69) is 26.8 Å². The van der Waals surface area contributed by atoms with Gasteiger partial charge < -0.3 is 14.2 Å². The average molecular weight is 448 g/mol. The number of benzene rings is 2. The van der Waals surface area contributed by atoms with Crippen molar-refractivity contribution >= 4 is 39.3 Å².